The van der Waals surface area contributed by atoms with Gasteiger partial charge in [-0.15, -0.1) is 0 Å². The number of ketones is 1. The number of hydrogen-bond acceptors (Lipinski definition) is 11. The van der Waals surface area contributed by atoms with E-state index >= 15 is 0 Å². The maximum Gasteiger partial charge on any atom is 0.410 e. The lowest BCUT2D eigenvalue weighted by atomic mass is 10.1. The van der Waals surface area contributed by atoms with Crippen molar-refractivity contribution in [3.05, 3.63) is 59.8 Å². The van der Waals surface area contributed by atoms with Crippen molar-refractivity contribution >= 4 is 40.5 Å². The Morgan fingerprint density at radius 3 is 2.36 bits per heavy atom. The standard InChI is InChI=1S/C39H48F2N6O9/c1-38(2,3)56-37(52)46-16-14-45(15-17-46)13-6-18-55-26-8-9-29-28(20-26)27(11-12-42-29)35(50)44-23-33(48)47-24-39(40,41)21-30(47)34(49)36(51)43-22-25-7-10-31(53-4)32(19-25)54-5/h7-12,19-20,30H,6,13-18,21-24H2,1-5H3,(H,43,51)(H,44,50)/t30-/m0/s1. The number of Topliss-reactive ketones (excluding diaryl/α,β-unsaturated/α-hetero) is 1. The Labute approximate surface area is 323 Å². The summed E-state index contributed by atoms with van der Waals surface area (Å²) >= 11 is 0. The van der Waals surface area contributed by atoms with Crippen LogP contribution in [0.15, 0.2) is 48.7 Å². The van der Waals surface area contributed by atoms with E-state index in [9.17, 15) is 32.8 Å². The second-order valence-electron chi connectivity index (χ2n) is 14.6. The average molecular weight is 783 g/mol. The molecule has 56 heavy (non-hydrogen) atoms. The second-order valence-corrected chi connectivity index (χ2v) is 14.6. The lowest BCUT2D eigenvalue weighted by molar-refractivity contribution is -0.144. The summed E-state index contributed by atoms with van der Waals surface area (Å²) in [5.41, 5.74) is 0.672. The third kappa shape index (κ3) is 10.8. The number of methoxy groups -OCH3 is 2. The fourth-order valence-electron chi connectivity index (χ4n) is 6.45. The first kappa shape index (κ1) is 41.6. The molecule has 2 aromatic carbocycles. The Morgan fingerprint density at radius 1 is 0.929 bits per heavy atom. The highest BCUT2D eigenvalue weighted by Crippen LogP contribution is 2.33. The molecule has 0 unspecified atom stereocenters. The van der Waals surface area contributed by atoms with Crippen molar-refractivity contribution in [3.8, 4) is 17.2 Å². The van der Waals surface area contributed by atoms with Crippen molar-refractivity contribution in [2.45, 2.75) is 57.7 Å². The van der Waals surface area contributed by atoms with Gasteiger partial charge in [0.25, 0.3) is 17.7 Å². The Hall–Kier alpha value is -5.58. The van der Waals surface area contributed by atoms with Crippen LogP contribution < -0.4 is 24.8 Å². The van der Waals surface area contributed by atoms with Gasteiger partial charge in [-0.3, -0.25) is 29.1 Å². The van der Waals surface area contributed by atoms with E-state index in [0.29, 0.717) is 64.7 Å². The largest absolute Gasteiger partial charge is 0.494 e. The molecule has 2 aliphatic rings. The lowest BCUT2D eigenvalue weighted by Gasteiger charge is -2.35. The smallest absolute Gasteiger partial charge is 0.410 e. The first-order chi connectivity index (χ1) is 26.6. The minimum atomic E-state index is -3.42. The number of piperazine rings is 1. The maximum atomic E-state index is 14.6. The number of benzene rings is 2. The van der Waals surface area contributed by atoms with Crippen molar-refractivity contribution in [2.24, 2.45) is 0 Å². The normalized spacial score (nSPS) is 16.9. The molecule has 0 spiro atoms. The topological polar surface area (TPSA) is 169 Å². The summed E-state index contributed by atoms with van der Waals surface area (Å²) in [7, 11) is 2.90. The van der Waals surface area contributed by atoms with E-state index in [4.69, 9.17) is 18.9 Å². The molecule has 2 N–H and O–H groups in total. The Kier molecular flexibility index (Phi) is 13.3. The highest BCUT2D eigenvalue weighted by Gasteiger charge is 2.51. The van der Waals surface area contributed by atoms with Gasteiger partial charge in [-0.2, -0.15) is 0 Å². The summed E-state index contributed by atoms with van der Waals surface area (Å²) < 4.78 is 51.0. The third-order valence-electron chi connectivity index (χ3n) is 9.29. The molecular weight excluding hydrogens is 734 g/mol. The number of nitrogens with zero attached hydrogens (tertiary/aromatic N) is 4. The Bertz CT molecular complexity index is 1930. The minimum absolute atomic E-state index is 0.110. The number of hydrogen-bond donors (Lipinski definition) is 2. The Balaban J connectivity index is 1.12. The van der Waals surface area contributed by atoms with Gasteiger partial charge in [0.2, 0.25) is 11.7 Å². The van der Waals surface area contributed by atoms with Crippen molar-refractivity contribution in [1.29, 1.82) is 0 Å². The van der Waals surface area contributed by atoms with Gasteiger partial charge in [0.1, 0.15) is 17.4 Å². The van der Waals surface area contributed by atoms with E-state index < -0.39 is 60.6 Å². The molecule has 1 atom stereocenters. The number of aromatic nitrogens is 1. The van der Waals surface area contributed by atoms with E-state index in [0.717, 1.165) is 19.6 Å². The third-order valence-corrected chi connectivity index (χ3v) is 9.29. The molecule has 4 amide bonds. The number of ether oxygens (including phenoxy) is 4. The molecule has 1 aromatic heterocycles. The lowest BCUT2D eigenvalue weighted by Crippen LogP contribution is -2.50. The van der Waals surface area contributed by atoms with Crippen LogP contribution >= 0.6 is 0 Å². The van der Waals surface area contributed by atoms with E-state index in [1.165, 1.54) is 26.5 Å². The SMILES string of the molecule is COc1ccc(CNC(=O)C(=O)[C@@H]2CC(F)(F)CN2C(=O)CNC(=O)c2ccnc3ccc(OCCCN4CCN(C(=O)OC(C)(C)C)CC4)cc23)cc1OC. The van der Waals surface area contributed by atoms with Crippen LogP contribution in [-0.2, 0) is 25.7 Å². The molecule has 302 valence electrons. The highest BCUT2D eigenvalue weighted by atomic mass is 19.3. The molecule has 15 nitrogen and oxygen atoms in total. The zero-order valence-electron chi connectivity index (χ0n) is 32.2. The van der Waals surface area contributed by atoms with E-state index in [2.05, 4.69) is 20.5 Å². The van der Waals surface area contributed by atoms with Crippen LogP contribution in [0.25, 0.3) is 10.9 Å². The van der Waals surface area contributed by atoms with Gasteiger partial charge >= 0.3 is 6.09 Å². The van der Waals surface area contributed by atoms with Gasteiger partial charge in [-0.25, -0.2) is 13.6 Å². The van der Waals surface area contributed by atoms with Crippen molar-refractivity contribution in [1.82, 2.24) is 30.3 Å². The summed E-state index contributed by atoms with van der Waals surface area (Å²) in [5, 5.41) is 5.32. The summed E-state index contributed by atoms with van der Waals surface area (Å²) in [6.45, 7) is 7.37. The molecule has 2 aliphatic heterocycles. The molecule has 3 heterocycles. The number of carbonyl (C=O) groups excluding carboxylic acids is 5. The monoisotopic (exact) mass is 782 g/mol. The molecule has 2 fully saturated rings. The summed E-state index contributed by atoms with van der Waals surface area (Å²) in [4.78, 5) is 73.6. The highest BCUT2D eigenvalue weighted by molar-refractivity contribution is 6.38. The van der Waals surface area contributed by atoms with E-state index in [1.54, 1.807) is 41.3 Å². The number of pyridine rings is 1. The van der Waals surface area contributed by atoms with Gasteiger partial charge in [0, 0.05) is 57.3 Å². The van der Waals surface area contributed by atoms with Gasteiger partial charge in [-0.05, 0) is 69.2 Å². The summed E-state index contributed by atoms with van der Waals surface area (Å²) in [6, 6.07) is 9.67. The molecule has 5 rings (SSSR count). The predicted octanol–water partition coefficient (Wildman–Crippen LogP) is 3.43. The number of halogens is 2. The van der Waals surface area contributed by atoms with E-state index in [1.807, 2.05) is 20.8 Å². The molecule has 0 aliphatic carbocycles. The van der Waals surface area contributed by atoms with Crippen LogP contribution in [0, 0.1) is 0 Å². The van der Waals surface area contributed by atoms with Gasteiger partial charge in [0.15, 0.2) is 11.5 Å². The zero-order valence-corrected chi connectivity index (χ0v) is 32.2. The van der Waals surface area contributed by atoms with Gasteiger partial charge < -0.3 is 39.4 Å². The molecule has 0 radical (unpaired) electrons. The average Bonchev–Trinajstić information content (AvgIpc) is 3.51. The number of likely N-dealkylation sites (tertiary alicyclic amines) is 1. The first-order valence-corrected chi connectivity index (χ1v) is 18.3. The van der Waals surface area contributed by atoms with Crippen LogP contribution in [0.5, 0.6) is 17.2 Å². The van der Waals surface area contributed by atoms with Crippen LogP contribution in [0.1, 0.15) is 49.5 Å². The van der Waals surface area contributed by atoms with E-state index in [-0.39, 0.29) is 18.2 Å². The number of carbonyl (C=O) groups is 5. The number of amides is 4. The van der Waals surface area contributed by atoms with Crippen LogP contribution in [0.4, 0.5) is 13.6 Å². The minimum Gasteiger partial charge on any atom is -0.494 e. The van der Waals surface area contributed by atoms with Crippen molar-refractivity contribution in [3.63, 3.8) is 0 Å². The van der Waals surface area contributed by atoms with Crippen molar-refractivity contribution in [2.75, 3.05) is 66.6 Å². The number of alkyl halides is 2. The van der Waals surface area contributed by atoms with Gasteiger partial charge in [0.05, 0.1) is 45.0 Å². The zero-order chi connectivity index (χ0) is 40.6. The summed E-state index contributed by atoms with van der Waals surface area (Å²) in [6.07, 6.45) is 0.801. The molecule has 3 aromatic rings. The predicted molar refractivity (Wildman–Crippen MR) is 200 cm³/mol. The molecule has 2 saturated heterocycles. The van der Waals surface area contributed by atoms with Gasteiger partial charge in [-0.1, -0.05) is 6.07 Å². The number of rotatable bonds is 14. The Morgan fingerprint density at radius 2 is 1.66 bits per heavy atom. The summed E-state index contributed by atoms with van der Waals surface area (Å²) in [5.74, 6) is -6.03. The number of nitrogens with one attached hydrogen (secondary N) is 2. The quantitative estimate of drug-likeness (QED) is 0.182. The fraction of sp³-hybridized carbons (Fsp3) is 0.487. The molecular formula is C39H48F2N6O9. The maximum absolute atomic E-state index is 14.6. The second kappa shape index (κ2) is 17.9. The number of fused-ring (bicyclic) bond motifs is 1. The van der Waals surface area contributed by atoms with Crippen LogP contribution in [-0.4, -0.2) is 133 Å². The van der Waals surface area contributed by atoms with Crippen LogP contribution in [0.3, 0.4) is 0 Å². The molecule has 17 heteroatoms. The molecule has 0 saturated carbocycles. The van der Waals surface area contributed by atoms with Crippen LogP contribution in [0.2, 0.25) is 0 Å². The first-order valence-electron chi connectivity index (χ1n) is 18.3. The van der Waals surface area contributed by atoms with Crippen molar-refractivity contribution < 1.29 is 51.7 Å². The molecule has 0 bridgehead atoms. The fourth-order valence-corrected chi connectivity index (χ4v) is 6.45.